The van der Waals surface area contributed by atoms with Gasteiger partial charge in [-0.1, -0.05) is 0 Å². The number of likely N-dealkylation sites (N-methyl/N-ethyl adjacent to an activating group) is 1. The number of hydrogen-bond acceptors (Lipinski definition) is 3. The molecule has 96 valence electrons. The van der Waals surface area contributed by atoms with Gasteiger partial charge in [0.1, 0.15) is 0 Å². The molecule has 1 unspecified atom stereocenters. The Balaban J connectivity index is 1.87. The standard InChI is InChI=1S/C12H21N3O2/c1-14-6-3-7-15(9-12(14)17)11(16)8-10-4-2-5-13-10/h10,13H,2-9H2,1H3. The Morgan fingerprint density at radius 2 is 2.24 bits per heavy atom. The first-order chi connectivity index (χ1) is 8.16. The van der Waals surface area contributed by atoms with Crippen molar-refractivity contribution in [1.82, 2.24) is 15.1 Å². The van der Waals surface area contributed by atoms with Crippen LogP contribution in [0.15, 0.2) is 0 Å². The van der Waals surface area contributed by atoms with Crippen LogP contribution in [-0.4, -0.2) is 60.9 Å². The zero-order valence-corrected chi connectivity index (χ0v) is 10.4. The zero-order chi connectivity index (χ0) is 12.3. The van der Waals surface area contributed by atoms with Crippen molar-refractivity contribution in [2.75, 3.05) is 33.2 Å². The second kappa shape index (κ2) is 5.49. The van der Waals surface area contributed by atoms with Crippen molar-refractivity contribution in [2.24, 2.45) is 0 Å². The van der Waals surface area contributed by atoms with Crippen LogP contribution in [0.4, 0.5) is 0 Å². The largest absolute Gasteiger partial charge is 0.344 e. The molecule has 1 atom stereocenters. The van der Waals surface area contributed by atoms with Gasteiger partial charge in [-0.3, -0.25) is 9.59 Å². The van der Waals surface area contributed by atoms with Crippen molar-refractivity contribution in [3.05, 3.63) is 0 Å². The molecule has 0 aromatic rings. The fourth-order valence-electron chi connectivity index (χ4n) is 2.47. The van der Waals surface area contributed by atoms with Crippen molar-refractivity contribution in [2.45, 2.75) is 31.7 Å². The van der Waals surface area contributed by atoms with E-state index >= 15 is 0 Å². The van der Waals surface area contributed by atoms with Gasteiger partial charge in [-0.15, -0.1) is 0 Å². The van der Waals surface area contributed by atoms with E-state index in [1.165, 1.54) is 0 Å². The van der Waals surface area contributed by atoms with Crippen LogP contribution in [-0.2, 0) is 9.59 Å². The minimum absolute atomic E-state index is 0.0511. The SMILES string of the molecule is CN1CCCN(C(=O)CC2CCCN2)CC1=O. The number of hydrogen-bond donors (Lipinski definition) is 1. The van der Waals surface area contributed by atoms with Crippen LogP contribution in [0.3, 0.4) is 0 Å². The molecule has 0 aromatic heterocycles. The molecule has 5 nitrogen and oxygen atoms in total. The molecule has 2 fully saturated rings. The molecule has 0 aliphatic carbocycles. The fraction of sp³-hybridized carbons (Fsp3) is 0.833. The van der Waals surface area contributed by atoms with Crippen LogP contribution in [0.2, 0.25) is 0 Å². The number of rotatable bonds is 2. The van der Waals surface area contributed by atoms with Crippen LogP contribution in [0.25, 0.3) is 0 Å². The Kier molecular flexibility index (Phi) is 3.99. The van der Waals surface area contributed by atoms with E-state index in [1.54, 1.807) is 16.8 Å². The molecule has 2 heterocycles. The summed E-state index contributed by atoms with van der Waals surface area (Å²) in [5.74, 6) is 0.170. The predicted molar refractivity (Wildman–Crippen MR) is 64.5 cm³/mol. The lowest BCUT2D eigenvalue weighted by Gasteiger charge is -2.21. The average molecular weight is 239 g/mol. The van der Waals surface area contributed by atoms with Crippen LogP contribution in [0, 0.1) is 0 Å². The summed E-state index contributed by atoms with van der Waals surface area (Å²) in [5, 5.41) is 3.32. The van der Waals surface area contributed by atoms with Gasteiger partial charge < -0.3 is 15.1 Å². The smallest absolute Gasteiger partial charge is 0.241 e. The summed E-state index contributed by atoms with van der Waals surface area (Å²) in [6.45, 7) is 2.73. The van der Waals surface area contributed by atoms with E-state index in [9.17, 15) is 9.59 Å². The van der Waals surface area contributed by atoms with Crippen LogP contribution < -0.4 is 5.32 Å². The molecule has 0 bridgehead atoms. The van der Waals surface area contributed by atoms with Gasteiger partial charge in [-0.25, -0.2) is 0 Å². The molecule has 0 saturated carbocycles. The molecule has 0 spiro atoms. The van der Waals surface area contributed by atoms with Crippen LogP contribution in [0.5, 0.6) is 0 Å². The van der Waals surface area contributed by atoms with Crippen molar-refractivity contribution >= 4 is 11.8 Å². The Morgan fingerprint density at radius 1 is 1.41 bits per heavy atom. The minimum Gasteiger partial charge on any atom is -0.344 e. The van der Waals surface area contributed by atoms with Gasteiger partial charge in [0.25, 0.3) is 0 Å². The van der Waals surface area contributed by atoms with Gasteiger partial charge in [0.05, 0.1) is 6.54 Å². The monoisotopic (exact) mass is 239 g/mol. The molecule has 2 rings (SSSR count). The maximum absolute atomic E-state index is 12.1. The van der Waals surface area contributed by atoms with Crippen LogP contribution >= 0.6 is 0 Å². The highest BCUT2D eigenvalue weighted by Gasteiger charge is 2.25. The molecule has 2 amide bonds. The molecule has 2 saturated heterocycles. The average Bonchev–Trinajstić information content (AvgIpc) is 2.73. The van der Waals surface area contributed by atoms with E-state index in [1.807, 2.05) is 0 Å². The van der Waals surface area contributed by atoms with E-state index in [4.69, 9.17) is 0 Å². The third-order valence-electron chi connectivity index (χ3n) is 3.61. The number of nitrogens with zero attached hydrogens (tertiary/aromatic N) is 2. The van der Waals surface area contributed by atoms with Crippen molar-refractivity contribution in [3.63, 3.8) is 0 Å². The third kappa shape index (κ3) is 3.19. The van der Waals surface area contributed by atoms with E-state index in [2.05, 4.69) is 5.32 Å². The number of amides is 2. The molecule has 0 radical (unpaired) electrons. The topological polar surface area (TPSA) is 52.6 Å². The van der Waals surface area contributed by atoms with Crippen molar-refractivity contribution in [3.8, 4) is 0 Å². The maximum atomic E-state index is 12.1. The summed E-state index contributed by atoms with van der Waals surface area (Å²) in [4.78, 5) is 27.2. The first-order valence-corrected chi connectivity index (χ1v) is 6.42. The summed E-state index contributed by atoms with van der Waals surface area (Å²) in [5.41, 5.74) is 0. The lowest BCUT2D eigenvalue weighted by atomic mass is 10.1. The molecule has 17 heavy (non-hydrogen) atoms. The van der Waals surface area contributed by atoms with Gasteiger partial charge in [-0.2, -0.15) is 0 Å². The summed E-state index contributed by atoms with van der Waals surface area (Å²) >= 11 is 0. The Hall–Kier alpha value is -1.10. The second-order valence-electron chi connectivity index (χ2n) is 4.98. The summed E-state index contributed by atoms with van der Waals surface area (Å²) < 4.78 is 0. The summed E-state index contributed by atoms with van der Waals surface area (Å²) in [7, 11) is 1.80. The molecule has 1 N–H and O–H groups in total. The highest BCUT2D eigenvalue weighted by atomic mass is 16.2. The Labute approximate surface area is 102 Å². The third-order valence-corrected chi connectivity index (χ3v) is 3.61. The number of carbonyl (C=O) groups is 2. The fourth-order valence-corrected chi connectivity index (χ4v) is 2.47. The lowest BCUT2D eigenvalue weighted by molar-refractivity contribution is -0.138. The van der Waals surface area contributed by atoms with Crippen molar-refractivity contribution in [1.29, 1.82) is 0 Å². The molecular formula is C12H21N3O2. The normalized spacial score (nSPS) is 26.2. The molecule has 5 heteroatoms. The summed E-state index contributed by atoms with van der Waals surface area (Å²) in [6.07, 6.45) is 3.65. The molecule has 2 aliphatic rings. The maximum Gasteiger partial charge on any atom is 0.241 e. The van der Waals surface area contributed by atoms with Gasteiger partial charge in [0, 0.05) is 32.6 Å². The first kappa shape index (κ1) is 12.4. The molecule has 0 aromatic carbocycles. The number of carbonyl (C=O) groups excluding carboxylic acids is 2. The predicted octanol–water partition coefficient (Wildman–Crippen LogP) is -0.181. The van der Waals surface area contributed by atoms with Crippen LogP contribution in [0.1, 0.15) is 25.7 Å². The molecular weight excluding hydrogens is 218 g/mol. The van der Waals surface area contributed by atoms with Gasteiger partial charge in [-0.05, 0) is 25.8 Å². The quantitative estimate of drug-likeness (QED) is 0.727. The Bertz CT molecular complexity index is 300. The number of nitrogens with one attached hydrogen (secondary N) is 1. The van der Waals surface area contributed by atoms with E-state index in [-0.39, 0.29) is 18.4 Å². The lowest BCUT2D eigenvalue weighted by Crippen LogP contribution is -2.40. The van der Waals surface area contributed by atoms with Gasteiger partial charge in [0.15, 0.2) is 0 Å². The zero-order valence-electron chi connectivity index (χ0n) is 10.4. The van der Waals surface area contributed by atoms with Crippen molar-refractivity contribution < 1.29 is 9.59 Å². The van der Waals surface area contributed by atoms with E-state index < -0.39 is 0 Å². The highest BCUT2D eigenvalue weighted by molar-refractivity contribution is 5.85. The highest BCUT2D eigenvalue weighted by Crippen LogP contribution is 2.12. The Morgan fingerprint density at radius 3 is 2.94 bits per heavy atom. The van der Waals surface area contributed by atoms with Gasteiger partial charge >= 0.3 is 0 Å². The second-order valence-corrected chi connectivity index (χ2v) is 4.98. The van der Waals surface area contributed by atoms with E-state index in [0.717, 1.165) is 32.4 Å². The molecule has 2 aliphatic heterocycles. The first-order valence-electron chi connectivity index (χ1n) is 6.42. The van der Waals surface area contributed by atoms with Gasteiger partial charge in [0.2, 0.25) is 11.8 Å². The summed E-state index contributed by atoms with van der Waals surface area (Å²) in [6, 6.07) is 0.318. The van der Waals surface area contributed by atoms with E-state index in [0.29, 0.717) is 19.0 Å². The minimum atomic E-state index is 0.0511.